The van der Waals surface area contributed by atoms with E-state index in [1.54, 1.807) is 20.8 Å². The van der Waals surface area contributed by atoms with Gasteiger partial charge in [0.2, 0.25) is 0 Å². The number of aromatic nitrogens is 2. The summed E-state index contributed by atoms with van der Waals surface area (Å²) in [6.07, 6.45) is 0. The number of thiocarbonyl (C=S) groups is 1. The topological polar surface area (TPSA) is 94.5 Å². The number of esters is 2. The molecule has 0 aliphatic rings. The van der Waals surface area contributed by atoms with E-state index in [1.165, 1.54) is 0 Å². The largest absolute Gasteiger partial charge is 0.462 e. The van der Waals surface area contributed by atoms with Gasteiger partial charge in [0.25, 0.3) is 0 Å². The molecule has 3 aromatic rings. The zero-order chi connectivity index (χ0) is 25.7. The SMILES string of the molecule is CCOC(=O)c1sc(NC(=S)Nc2c(C)nn(Cc3ccccc3Cl)c2C)c(C(=O)OCC)c1C. The number of nitrogens with one attached hydrogen (secondary N) is 2. The Bertz CT molecular complexity index is 1270. The van der Waals surface area contributed by atoms with E-state index in [0.717, 1.165) is 34.0 Å². The zero-order valence-electron chi connectivity index (χ0n) is 20.2. The van der Waals surface area contributed by atoms with Gasteiger partial charge in [0.15, 0.2) is 5.11 Å². The molecule has 186 valence electrons. The molecule has 2 N–H and O–H groups in total. The molecule has 0 spiro atoms. The Kier molecular flexibility index (Phi) is 8.87. The van der Waals surface area contributed by atoms with E-state index in [1.807, 2.05) is 42.8 Å². The molecule has 8 nitrogen and oxygen atoms in total. The van der Waals surface area contributed by atoms with E-state index in [0.29, 0.717) is 27.0 Å². The molecule has 0 atom stereocenters. The lowest BCUT2D eigenvalue weighted by atomic mass is 10.1. The molecule has 35 heavy (non-hydrogen) atoms. The van der Waals surface area contributed by atoms with Crippen molar-refractivity contribution in [2.45, 2.75) is 41.2 Å². The van der Waals surface area contributed by atoms with Gasteiger partial charge >= 0.3 is 11.9 Å². The second-order valence-corrected chi connectivity index (χ2v) is 9.41. The molecule has 0 saturated heterocycles. The first-order valence-electron chi connectivity index (χ1n) is 11.0. The third kappa shape index (κ3) is 6.01. The fourth-order valence-corrected chi connectivity index (χ4v) is 5.07. The van der Waals surface area contributed by atoms with Gasteiger partial charge in [-0.25, -0.2) is 9.59 Å². The van der Waals surface area contributed by atoms with Gasteiger partial charge in [-0.3, -0.25) is 4.68 Å². The van der Waals surface area contributed by atoms with Gasteiger partial charge in [0.05, 0.1) is 42.4 Å². The predicted octanol–water partition coefficient (Wildman–Crippen LogP) is 5.73. The van der Waals surface area contributed by atoms with E-state index in [9.17, 15) is 9.59 Å². The number of halogens is 1. The second kappa shape index (κ2) is 11.7. The van der Waals surface area contributed by atoms with Crippen LogP contribution in [0.1, 0.15) is 56.4 Å². The van der Waals surface area contributed by atoms with Crippen LogP contribution in [0.4, 0.5) is 10.7 Å². The monoisotopic (exact) mass is 534 g/mol. The van der Waals surface area contributed by atoms with Crippen LogP contribution in [0.3, 0.4) is 0 Å². The van der Waals surface area contributed by atoms with Crippen molar-refractivity contribution >= 4 is 62.9 Å². The third-order valence-corrected chi connectivity index (χ3v) is 6.97. The van der Waals surface area contributed by atoms with Gasteiger partial charge < -0.3 is 20.1 Å². The van der Waals surface area contributed by atoms with E-state index in [4.69, 9.17) is 33.3 Å². The third-order valence-electron chi connectivity index (χ3n) is 5.21. The fraction of sp³-hybridized carbons (Fsp3) is 0.333. The summed E-state index contributed by atoms with van der Waals surface area (Å²) in [5.74, 6) is -1.04. The molecule has 0 radical (unpaired) electrons. The molecule has 0 bridgehead atoms. The van der Waals surface area contributed by atoms with Gasteiger partial charge in [-0.15, -0.1) is 11.3 Å². The minimum Gasteiger partial charge on any atom is -0.462 e. The summed E-state index contributed by atoms with van der Waals surface area (Å²) in [5, 5.41) is 12.2. The molecule has 2 heterocycles. The summed E-state index contributed by atoms with van der Waals surface area (Å²) >= 11 is 12.9. The summed E-state index contributed by atoms with van der Waals surface area (Å²) in [4.78, 5) is 25.4. The number of aryl methyl sites for hydroxylation is 1. The van der Waals surface area contributed by atoms with Crippen molar-refractivity contribution in [3.63, 3.8) is 0 Å². The Labute approximate surface area is 218 Å². The van der Waals surface area contributed by atoms with Gasteiger partial charge in [0.1, 0.15) is 9.88 Å². The number of rotatable bonds is 8. The van der Waals surface area contributed by atoms with Crippen molar-refractivity contribution in [2.24, 2.45) is 0 Å². The minimum atomic E-state index is -0.540. The highest BCUT2D eigenvalue weighted by atomic mass is 35.5. The Morgan fingerprint density at radius 1 is 1.09 bits per heavy atom. The fourth-order valence-electron chi connectivity index (χ4n) is 3.51. The van der Waals surface area contributed by atoms with E-state index < -0.39 is 11.9 Å². The molecule has 1 aromatic carbocycles. The number of hydrogen-bond donors (Lipinski definition) is 2. The molecule has 3 rings (SSSR count). The maximum absolute atomic E-state index is 12.6. The Morgan fingerprint density at radius 2 is 1.74 bits per heavy atom. The van der Waals surface area contributed by atoms with E-state index in [-0.39, 0.29) is 23.9 Å². The smallest absolute Gasteiger partial charge is 0.348 e. The zero-order valence-corrected chi connectivity index (χ0v) is 22.5. The Hall–Kier alpha value is -2.95. The van der Waals surface area contributed by atoms with Gasteiger partial charge in [0, 0.05) is 5.02 Å². The summed E-state index contributed by atoms with van der Waals surface area (Å²) in [6, 6.07) is 7.61. The van der Waals surface area contributed by atoms with E-state index >= 15 is 0 Å². The normalized spacial score (nSPS) is 10.7. The first-order chi connectivity index (χ1) is 16.7. The standard InChI is InChI=1S/C24H27ClN4O4S2/c1-6-32-22(30)18-13(3)20(23(31)33-7-2)35-21(18)27-24(34)26-19-14(4)28-29(15(19)5)12-16-10-8-9-11-17(16)25/h8-11H,6-7,12H2,1-5H3,(H2,26,27,34). The molecular weight excluding hydrogens is 508 g/mol. The van der Waals surface area contributed by atoms with Gasteiger partial charge in [-0.1, -0.05) is 29.8 Å². The average Bonchev–Trinajstić information content (AvgIpc) is 3.26. The molecule has 11 heteroatoms. The van der Waals surface area contributed by atoms with Crippen LogP contribution in [0, 0.1) is 20.8 Å². The molecule has 0 aliphatic heterocycles. The highest BCUT2D eigenvalue weighted by Crippen LogP contribution is 2.34. The summed E-state index contributed by atoms with van der Waals surface area (Å²) in [6.45, 7) is 9.87. The lowest BCUT2D eigenvalue weighted by Crippen LogP contribution is -2.21. The van der Waals surface area contributed by atoms with Crippen molar-refractivity contribution in [3.8, 4) is 0 Å². The lowest BCUT2D eigenvalue weighted by Gasteiger charge is -2.12. The number of carbonyl (C=O) groups excluding carboxylic acids is 2. The van der Waals surface area contributed by atoms with Crippen LogP contribution in [-0.2, 0) is 16.0 Å². The number of nitrogens with zero attached hydrogens (tertiary/aromatic N) is 2. The van der Waals surface area contributed by atoms with Crippen LogP contribution in [0.15, 0.2) is 24.3 Å². The molecule has 0 amide bonds. The Morgan fingerprint density at radius 3 is 2.40 bits per heavy atom. The van der Waals surface area contributed by atoms with Crippen LogP contribution in [0.2, 0.25) is 5.02 Å². The van der Waals surface area contributed by atoms with E-state index in [2.05, 4.69) is 15.7 Å². The second-order valence-electron chi connectivity index (χ2n) is 7.58. The number of ether oxygens (including phenoxy) is 2. The molecule has 0 unspecified atom stereocenters. The predicted molar refractivity (Wildman–Crippen MR) is 143 cm³/mol. The van der Waals surface area contributed by atoms with Crippen molar-refractivity contribution in [1.82, 2.24) is 9.78 Å². The maximum Gasteiger partial charge on any atom is 0.348 e. The first-order valence-corrected chi connectivity index (χ1v) is 12.6. The summed E-state index contributed by atoms with van der Waals surface area (Å²) in [5.41, 5.74) is 4.05. The molecule has 0 fully saturated rings. The van der Waals surface area contributed by atoms with Crippen molar-refractivity contribution in [3.05, 3.63) is 62.2 Å². The Balaban J connectivity index is 1.85. The van der Waals surface area contributed by atoms with Crippen molar-refractivity contribution < 1.29 is 19.1 Å². The maximum atomic E-state index is 12.6. The number of benzene rings is 1. The van der Waals surface area contributed by atoms with Crippen molar-refractivity contribution in [2.75, 3.05) is 23.8 Å². The van der Waals surface area contributed by atoms with Gasteiger partial charge in [-0.05, 0) is 64.0 Å². The minimum absolute atomic E-state index is 0.202. The van der Waals surface area contributed by atoms with Crippen molar-refractivity contribution in [1.29, 1.82) is 0 Å². The summed E-state index contributed by atoms with van der Waals surface area (Å²) in [7, 11) is 0. The molecule has 2 aromatic heterocycles. The van der Waals surface area contributed by atoms with Crippen LogP contribution in [0.25, 0.3) is 0 Å². The number of hydrogen-bond acceptors (Lipinski definition) is 7. The molecular formula is C24H27ClN4O4S2. The highest BCUT2D eigenvalue weighted by Gasteiger charge is 2.27. The molecule has 0 saturated carbocycles. The van der Waals surface area contributed by atoms with Crippen LogP contribution in [-0.4, -0.2) is 40.0 Å². The molecule has 0 aliphatic carbocycles. The van der Waals surface area contributed by atoms with Crippen LogP contribution >= 0.6 is 35.2 Å². The van der Waals surface area contributed by atoms with Crippen LogP contribution in [0.5, 0.6) is 0 Å². The highest BCUT2D eigenvalue weighted by molar-refractivity contribution is 7.80. The number of anilines is 2. The van der Waals surface area contributed by atoms with Crippen LogP contribution < -0.4 is 10.6 Å². The van der Waals surface area contributed by atoms with Gasteiger partial charge in [-0.2, -0.15) is 5.10 Å². The summed E-state index contributed by atoms with van der Waals surface area (Å²) < 4.78 is 12.2. The number of thiophene rings is 1. The average molecular weight is 535 g/mol. The number of carbonyl (C=O) groups is 2. The lowest BCUT2D eigenvalue weighted by molar-refractivity contribution is 0.0527. The quantitative estimate of drug-likeness (QED) is 0.279. The first kappa shape index (κ1) is 26.7.